The summed E-state index contributed by atoms with van der Waals surface area (Å²) in [5.74, 6) is 0.986. The topological polar surface area (TPSA) is 21.3 Å². The van der Waals surface area contributed by atoms with E-state index in [2.05, 4.69) is 19.2 Å². The highest BCUT2D eigenvalue weighted by Gasteiger charge is 2.41. The zero-order valence-corrected chi connectivity index (χ0v) is 10.9. The van der Waals surface area contributed by atoms with Gasteiger partial charge in [0.1, 0.15) is 5.75 Å². The Balaban J connectivity index is 1.68. The summed E-state index contributed by atoms with van der Waals surface area (Å²) in [7, 11) is 0. The summed E-state index contributed by atoms with van der Waals surface area (Å²) < 4.78 is 5.76. The molecule has 0 heterocycles. The van der Waals surface area contributed by atoms with Crippen LogP contribution in [0.25, 0.3) is 0 Å². The van der Waals surface area contributed by atoms with Crippen LogP contribution in [0, 0.1) is 5.41 Å². The molecule has 1 aromatic carbocycles. The molecule has 0 saturated heterocycles. The first-order valence-corrected chi connectivity index (χ1v) is 6.61. The molecule has 1 aliphatic carbocycles. The molecule has 1 saturated carbocycles. The van der Waals surface area contributed by atoms with E-state index in [1.54, 1.807) is 0 Å². The van der Waals surface area contributed by atoms with Crippen LogP contribution in [-0.2, 0) is 0 Å². The molecule has 0 atom stereocenters. The largest absolute Gasteiger partial charge is 0.494 e. The number of hydrogen-bond donors (Lipinski definition) is 1. The number of benzene rings is 1. The molecule has 1 fully saturated rings. The average molecular weight is 233 g/mol. The number of nitrogens with one attached hydrogen (secondary N) is 1. The van der Waals surface area contributed by atoms with Crippen molar-refractivity contribution < 1.29 is 4.74 Å². The highest BCUT2D eigenvalue weighted by Crippen LogP contribution is 2.48. The van der Waals surface area contributed by atoms with Crippen LogP contribution in [-0.4, -0.2) is 19.2 Å². The monoisotopic (exact) mass is 233 g/mol. The predicted molar refractivity (Wildman–Crippen MR) is 71.4 cm³/mol. The van der Waals surface area contributed by atoms with Crippen molar-refractivity contribution in [3.8, 4) is 5.75 Å². The van der Waals surface area contributed by atoms with Crippen LogP contribution in [0.2, 0.25) is 0 Å². The van der Waals surface area contributed by atoms with E-state index >= 15 is 0 Å². The SMILES string of the molecule is CC(C)NCC1(CCOc2ccccc2)CC1. The van der Waals surface area contributed by atoms with Crippen molar-refractivity contribution in [2.45, 2.75) is 39.2 Å². The minimum Gasteiger partial charge on any atom is -0.494 e. The molecule has 17 heavy (non-hydrogen) atoms. The van der Waals surface area contributed by atoms with Crippen LogP contribution >= 0.6 is 0 Å². The highest BCUT2D eigenvalue weighted by atomic mass is 16.5. The zero-order valence-electron chi connectivity index (χ0n) is 10.9. The summed E-state index contributed by atoms with van der Waals surface area (Å²) in [4.78, 5) is 0. The van der Waals surface area contributed by atoms with Gasteiger partial charge in [-0.05, 0) is 36.8 Å². The highest BCUT2D eigenvalue weighted by molar-refractivity contribution is 5.20. The summed E-state index contributed by atoms with van der Waals surface area (Å²) in [5.41, 5.74) is 0.527. The average Bonchev–Trinajstić information content (AvgIpc) is 3.09. The summed E-state index contributed by atoms with van der Waals surface area (Å²) in [5, 5.41) is 3.54. The Kier molecular flexibility index (Phi) is 4.06. The molecule has 0 spiro atoms. The van der Waals surface area contributed by atoms with E-state index in [4.69, 9.17) is 4.74 Å². The molecule has 1 N–H and O–H groups in total. The molecular weight excluding hydrogens is 210 g/mol. The third-order valence-corrected chi connectivity index (χ3v) is 3.49. The molecule has 2 nitrogen and oxygen atoms in total. The standard InChI is InChI=1S/C15H23NO/c1-13(2)16-12-15(8-9-15)10-11-17-14-6-4-3-5-7-14/h3-7,13,16H,8-12H2,1-2H3. The normalized spacial score (nSPS) is 17.1. The van der Waals surface area contributed by atoms with E-state index in [-0.39, 0.29) is 0 Å². The number of rotatable bonds is 7. The van der Waals surface area contributed by atoms with Crippen LogP contribution in [0.5, 0.6) is 5.75 Å². The Labute approximate surface area is 104 Å². The molecule has 0 unspecified atom stereocenters. The maximum atomic E-state index is 5.76. The van der Waals surface area contributed by atoms with Crippen molar-refractivity contribution in [2.75, 3.05) is 13.2 Å². The van der Waals surface area contributed by atoms with E-state index in [0.717, 1.165) is 18.9 Å². The van der Waals surface area contributed by atoms with Crippen molar-refractivity contribution in [1.29, 1.82) is 0 Å². The molecule has 0 bridgehead atoms. The quantitative estimate of drug-likeness (QED) is 0.780. The molecular formula is C15H23NO. The van der Waals surface area contributed by atoms with Crippen molar-refractivity contribution in [1.82, 2.24) is 5.32 Å². The minimum absolute atomic E-state index is 0.527. The van der Waals surface area contributed by atoms with Gasteiger partial charge >= 0.3 is 0 Å². The summed E-state index contributed by atoms with van der Waals surface area (Å²) in [6.45, 7) is 6.39. The van der Waals surface area contributed by atoms with Crippen LogP contribution in [0.4, 0.5) is 0 Å². The second kappa shape index (κ2) is 5.54. The van der Waals surface area contributed by atoms with E-state index in [9.17, 15) is 0 Å². The molecule has 94 valence electrons. The smallest absolute Gasteiger partial charge is 0.119 e. The molecule has 2 rings (SSSR count). The van der Waals surface area contributed by atoms with E-state index in [0.29, 0.717) is 11.5 Å². The maximum Gasteiger partial charge on any atom is 0.119 e. The minimum atomic E-state index is 0.527. The number of hydrogen-bond acceptors (Lipinski definition) is 2. The van der Waals surface area contributed by atoms with E-state index < -0.39 is 0 Å². The summed E-state index contributed by atoms with van der Waals surface area (Å²) in [6.07, 6.45) is 3.87. The Morgan fingerprint density at radius 1 is 1.24 bits per heavy atom. The lowest BCUT2D eigenvalue weighted by Crippen LogP contribution is -2.30. The molecule has 0 amide bonds. The molecule has 1 aliphatic rings. The molecule has 1 aromatic rings. The van der Waals surface area contributed by atoms with Gasteiger partial charge in [0.15, 0.2) is 0 Å². The third kappa shape index (κ3) is 4.04. The van der Waals surface area contributed by atoms with Crippen molar-refractivity contribution in [2.24, 2.45) is 5.41 Å². The second-order valence-electron chi connectivity index (χ2n) is 5.45. The van der Waals surface area contributed by atoms with E-state index in [1.165, 1.54) is 19.3 Å². The Bertz CT molecular complexity index is 330. The van der Waals surface area contributed by atoms with Crippen LogP contribution in [0.1, 0.15) is 33.1 Å². The Morgan fingerprint density at radius 3 is 2.53 bits per heavy atom. The summed E-state index contributed by atoms with van der Waals surface area (Å²) in [6, 6.07) is 10.7. The predicted octanol–water partition coefficient (Wildman–Crippen LogP) is 3.23. The fourth-order valence-electron chi connectivity index (χ4n) is 2.01. The van der Waals surface area contributed by atoms with Gasteiger partial charge in [-0.1, -0.05) is 32.0 Å². The van der Waals surface area contributed by atoms with Gasteiger partial charge in [-0.15, -0.1) is 0 Å². The lowest BCUT2D eigenvalue weighted by atomic mass is 10.0. The number of ether oxygens (including phenoxy) is 1. The van der Waals surface area contributed by atoms with Gasteiger partial charge in [-0.3, -0.25) is 0 Å². The second-order valence-corrected chi connectivity index (χ2v) is 5.45. The van der Waals surface area contributed by atoms with Crippen molar-refractivity contribution >= 4 is 0 Å². The number of para-hydroxylation sites is 1. The Morgan fingerprint density at radius 2 is 1.94 bits per heavy atom. The Hall–Kier alpha value is -1.02. The van der Waals surface area contributed by atoms with Crippen molar-refractivity contribution in [3.05, 3.63) is 30.3 Å². The van der Waals surface area contributed by atoms with Crippen LogP contribution in [0.3, 0.4) is 0 Å². The fraction of sp³-hybridized carbons (Fsp3) is 0.600. The lowest BCUT2D eigenvalue weighted by molar-refractivity contribution is 0.262. The van der Waals surface area contributed by atoms with Crippen molar-refractivity contribution in [3.63, 3.8) is 0 Å². The van der Waals surface area contributed by atoms with Gasteiger partial charge in [-0.25, -0.2) is 0 Å². The lowest BCUT2D eigenvalue weighted by Gasteiger charge is -2.18. The van der Waals surface area contributed by atoms with Gasteiger partial charge in [-0.2, -0.15) is 0 Å². The summed E-state index contributed by atoms with van der Waals surface area (Å²) >= 11 is 0. The van der Waals surface area contributed by atoms with Gasteiger partial charge < -0.3 is 10.1 Å². The van der Waals surface area contributed by atoms with E-state index in [1.807, 2.05) is 30.3 Å². The first-order chi connectivity index (χ1) is 8.20. The molecule has 2 heteroatoms. The third-order valence-electron chi connectivity index (χ3n) is 3.49. The first-order valence-electron chi connectivity index (χ1n) is 6.61. The van der Waals surface area contributed by atoms with Gasteiger partial charge in [0.2, 0.25) is 0 Å². The molecule has 0 aliphatic heterocycles. The van der Waals surface area contributed by atoms with Crippen LogP contribution in [0.15, 0.2) is 30.3 Å². The van der Waals surface area contributed by atoms with Gasteiger partial charge in [0.25, 0.3) is 0 Å². The van der Waals surface area contributed by atoms with Gasteiger partial charge in [0.05, 0.1) is 6.61 Å². The first kappa shape index (κ1) is 12.4. The van der Waals surface area contributed by atoms with Crippen LogP contribution < -0.4 is 10.1 Å². The van der Waals surface area contributed by atoms with Gasteiger partial charge in [0, 0.05) is 12.6 Å². The maximum absolute atomic E-state index is 5.76. The molecule has 0 aromatic heterocycles. The zero-order chi connectivity index (χ0) is 12.1. The fourth-order valence-corrected chi connectivity index (χ4v) is 2.01. The molecule has 0 radical (unpaired) electrons.